The number of thiophene rings is 1. The summed E-state index contributed by atoms with van der Waals surface area (Å²) in [6, 6.07) is 10.7. The molecule has 0 aliphatic heterocycles. The number of aromatic nitrogens is 2. The lowest BCUT2D eigenvalue weighted by molar-refractivity contribution is 0.873. The van der Waals surface area contributed by atoms with Gasteiger partial charge in [-0.2, -0.15) is 0 Å². The molecular weight excluding hydrogens is 280 g/mol. The molecule has 1 atom stereocenters. The summed E-state index contributed by atoms with van der Waals surface area (Å²) in [4.78, 5) is 11.0. The van der Waals surface area contributed by atoms with Gasteiger partial charge in [-0.3, -0.25) is 0 Å². The highest BCUT2D eigenvalue weighted by Crippen LogP contribution is 2.29. The Morgan fingerprint density at radius 1 is 1.24 bits per heavy atom. The Morgan fingerprint density at radius 3 is 2.71 bits per heavy atom. The SMILES string of the molecule is Cc1cc2c(NC(C)c3ccc(CN)cc3)ncnc2s1. The Labute approximate surface area is 128 Å². The van der Waals surface area contributed by atoms with Crippen LogP contribution in [0.3, 0.4) is 0 Å². The molecule has 4 nitrogen and oxygen atoms in total. The molecule has 0 radical (unpaired) electrons. The number of anilines is 1. The van der Waals surface area contributed by atoms with Gasteiger partial charge in [-0.25, -0.2) is 9.97 Å². The molecule has 0 saturated heterocycles. The Balaban J connectivity index is 1.86. The Hall–Kier alpha value is -1.98. The summed E-state index contributed by atoms with van der Waals surface area (Å²) in [6.07, 6.45) is 1.62. The highest BCUT2D eigenvalue weighted by molar-refractivity contribution is 7.18. The van der Waals surface area contributed by atoms with Crippen LogP contribution in [0.2, 0.25) is 0 Å². The average molecular weight is 298 g/mol. The van der Waals surface area contributed by atoms with Crippen molar-refractivity contribution in [3.8, 4) is 0 Å². The molecule has 0 bridgehead atoms. The third-order valence-corrected chi connectivity index (χ3v) is 4.48. The van der Waals surface area contributed by atoms with Crippen LogP contribution in [0.4, 0.5) is 5.82 Å². The fraction of sp³-hybridized carbons (Fsp3) is 0.250. The zero-order valence-electron chi connectivity index (χ0n) is 12.1. The molecule has 0 amide bonds. The first-order valence-electron chi connectivity index (χ1n) is 6.94. The van der Waals surface area contributed by atoms with Gasteiger partial charge < -0.3 is 11.1 Å². The number of nitrogens with zero attached hydrogens (tertiary/aromatic N) is 2. The van der Waals surface area contributed by atoms with Crippen molar-refractivity contribution < 1.29 is 0 Å². The number of aryl methyl sites for hydroxylation is 1. The van der Waals surface area contributed by atoms with E-state index in [-0.39, 0.29) is 6.04 Å². The maximum Gasteiger partial charge on any atom is 0.138 e. The van der Waals surface area contributed by atoms with Crippen LogP contribution in [0.25, 0.3) is 10.2 Å². The van der Waals surface area contributed by atoms with Gasteiger partial charge in [-0.1, -0.05) is 24.3 Å². The van der Waals surface area contributed by atoms with E-state index in [1.807, 2.05) is 0 Å². The molecule has 2 heterocycles. The summed E-state index contributed by atoms with van der Waals surface area (Å²) in [7, 11) is 0. The van der Waals surface area contributed by atoms with Crippen LogP contribution in [-0.2, 0) is 6.54 Å². The minimum absolute atomic E-state index is 0.176. The molecule has 0 aliphatic carbocycles. The second kappa shape index (κ2) is 5.79. The summed E-state index contributed by atoms with van der Waals surface area (Å²) in [5.41, 5.74) is 7.99. The van der Waals surface area contributed by atoms with E-state index in [9.17, 15) is 0 Å². The Kier molecular flexibility index (Phi) is 3.86. The van der Waals surface area contributed by atoms with E-state index in [0.717, 1.165) is 21.6 Å². The van der Waals surface area contributed by atoms with Crippen LogP contribution >= 0.6 is 11.3 Å². The fourth-order valence-electron chi connectivity index (χ4n) is 2.32. The van der Waals surface area contributed by atoms with Crippen molar-refractivity contribution >= 4 is 27.4 Å². The minimum Gasteiger partial charge on any atom is -0.363 e. The summed E-state index contributed by atoms with van der Waals surface area (Å²) in [5.74, 6) is 0.889. The van der Waals surface area contributed by atoms with Crippen molar-refractivity contribution in [2.45, 2.75) is 26.4 Å². The van der Waals surface area contributed by atoms with Crippen molar-refractivity contribution in [3.63, 3.8) is 0 Å². The predicted molar refractivity (Wildman–Crippen MR) is 88.5 cm³/mol. The van der Waals surface area contributed by atoms with Crippen LogP contribution in [0.15, 0.2) is 36.7 Å². The molecular formula is C16H18N4S. The minimum atomic E-state index is 0.176. The van der Waals surface area contributed by atoms with Crippen LogP contribution < -0.4 is 11.1 Å². The Morgan fingerprint density at radius 2 is 2.00 bits per heavy atom. The van der Waals surface area contributed by atoms with Crippen molar-refractivity contribution in [2.75, 3.05) is 5.32 Å². The lowest BCUT2D eigenvalue weighted by atomic mass is 10.1. The first-order chi connectivity index (χ1) is 10.2. The summed E-state index contributed by atoms with van der Waals surface area (Å²) < 4.78 is 0. The van der Waals surface area contributed by atoms with Gasteiger partial charge in [0, 0.05) is 17.5 Å². The van der Waals surface area contributed by atoms with E-state index < -0.39 is 0 Å². The van der Waals surface area contributed by atoms with Gasteiger partial charge in [0.15, 0.2) is 0 Å². The normalized spacial score (nSPS) is 12.5. The predicted octanol–water partition coefficient (Wildman–Crippen LogP) is 3.63. The third kappa shape index (κ3) is 2.89. The smallest absolute Gasteiger partial charge is 0.138 e. The number of fused-ring (bicyclic) bond motifs is 1. The van der Waals surface area contributed by atoms with Gasteiger partial charge in [0.25, 0.3) is 0 Å². The van der Waals surface area contributed by atoms with Crippen molar-refractivity contribution in [1.29, 1.82) is 0 Å². The number of benzene rings is 1. The summed E-state index contributed by atoms with van der Waals surface area (Å²) >= 11 is 1.69. The van der Waals surface area contributed by atoms with Crippen molar-refractivity contribution in [3.05, 3.63) is 52.7 Å². The molecule has 0 saturated carbocycles. The topological polar surface area (TPSA) is 63.8 Å². The van der Waals surface area contributed by atoms with Gasteiger partial charge in [0.2, 0.25) is 0 Å². The van der Waals surface area contributed by atoms with Gasteiger partial charge in [0.1, 0.15) is 17.0 Å². The summed E-state index contributed by atoms with van der Waals surface area (Å²) in [6.45, 7) is 4.79. The van der Waals surface area contributed by atoms with Gasteiger partial charge >= 0.3 is 0 Å². The van der Waals surface area contributed by atoms with E-state index in [4.69, 9.17) is 5.73 Å². The molecule has 2 aromatic heterocycles. The van der Waals surface area contributed by atoms with Gasteiger partial charge in [0.05, 0.1) is 5.39 Å². The maximum atomic E-state index is 5.63. The number of hydrogen-bond acceptors (Lipinski definition) is 5. The molecule has 0 spiro atoms. The lowest BCUT2D eigenvalue weighted by Gasteiger charge is -2.15. The number of nitrogens with one attached hydrogen (secondary N) is 1. The van der Waals surface area contributed by atoms with E-state index >= 15 is 0 Å². The molecule has 3 aromatic rings. The molecule has 0 fully saturated rings. The second-order valence-corrected chi connectivity index (χ2v) is 6.34. The first kappa shape index (κ1) is 14.0. The van der Waals surface area contributed by atoms with Gasteiger partial charge in [-0.05, 0) is 31.0 Å². The molecule has 3 rings (SSSR count). The number of hydrogen-bond donors (Lipinski definition) is 2. The van der Waals surface area contributed by atoms with Crippen molar-refractivity contribution in [1.82, 2.24) is 9.97 Å². The van der Waals surface area contributed by atoms with Crippen LogP contribution in [0.1, 0.15) is 29.0 Å². The molecule has 108 valence electrons. The summed E-state index contributed by atoms with van der Waals surface area (Å²) in [5, 5.41) is 4.56. The second-order valence-electron chi connectivity index (χ2n) is 5.11. The van der Waals surface area contributed by atoms with Crippen molar-refractivity contribution in [2.24, 2.45) is 5.73 Å². The lowest BCUT2D eigenvalue weighted by Crippen LogP contribution is -2.08. The molecule has 21 heavy (non-hydrogen) atoms. The molecule has 0 aliphatic rings. The molecule has 1 aromatic carbocycles. The zero-order valence-corrected chi connectivity index (χ0v) is 12.9. The highest BCUT2D eigenvalue weighted by atomic mass is 32.1. The van der Waals surface area contributed by atoms with E-state index in [2.05, 4.69) is 59.5 Å². The van der Waals surface area contributed by atoms with E-state index in [0.29, 0.717) is 6.54 Å². The largest absolute Gasteiger partial charge is 0.363 e. The number of rotatable bonds is 4. The Bertz CT molecular complexity index is 749. The third-order valence-electron chi connectivity index (χ3n) is 3.52. The zero-order chi connectivity index (χ0) is 14.8. The first-order valence-corrected chi connectivity index (χ1v) is 7.75. The van der Waals surface area contributed by atoms with Crippen LogP contribution in [0, 0.1) is 6.92 Å². The fourth-order valence-corrected chi connectivity index (χ4v) is 3.17. The van der Waals surface area contributed by atoms with E-state index in [1.165, 1.54) is 10.4 Å². The average Bonchev–Trinajstić information content (AvgIpc) is 2.88. The van der Waals surface area contributed by atoms with Crippen LogP contribution in [-0.4, -0.2) is 9.97 Å². The monoisotopic (exact) mass is 298 g/mol. The molecule has 3 N–H and O–H groups in total. The number of nitrogens with two attached hydrogens (primary N) is 1. The van der Waals surface area contributed by atoms with Crippen LogP contribution in [0.5, 0.6) is 0 Å². The highest BCUT2D eigenvalue weighted by Gasteiger charge is 2.11. The molecule has 5 heteroatoms. The van der Waals surface area contributed by atoms with Gasteiger partial charge in [-0.15, -0.1) is 11.3 Å². The maximum absolute atomic E-state index is 5.63. The quantitative estimate of drug-likeness (QED) is 0.772. The van der Waals surface area contributed by atoms with E-state index in [1.54, 1.807) is 17.7 Å². The molecule has 1 unspecified atom stereocenters. The standard InChI is InChI=1S/C16H18N4S/c1-10-7-14-15(18-9-19-16(14)21-10)20-11(2)13-5-3-12(8-17)4-6-13/h3-7,9,11H,8,17H2,1-2H3,(H,18,19,20).